The molecule has 0 bridgehead atoms. The molecule has 0 aliphatic rings. The lowest BCUT2D eigenvalue weighted by Gasteiger charge is -1.83. The van der Waals surface area contributed by atoms with E-state index in [1.54, 1.807) is 7.05 Å². The Bertz CT molecular complexity index is 89.7. The zero-order valence-electron chi connectivity index (χ0n) is 3.94. The maximum atomic E-state index is 10.1. The molecular weight excluding hydrogens is 114 g/mol. The predicted molar refractivity (Wildman–Crippen MR) is 29.1 cm³/mol. The highest BCUT2D eigenvalue weighted by Gasteiger charge is 1.82. The summed E-state index contributed by atoms with van der Waals surface area (Å²) in [6.07, 6.45) is 1.24. The molecule has 1 N–H and O–H groups in total. The zero-order valence-corrected chi connectivity index (χ0v) is 4.70. The molecule has 0 saturated carbocycles. The normalized spacial score (nSPS) is 9.43. The first-order chi connectivity index (χ1) is 3.31. The summed E-state index contributed by atoms with van der Waals surface area (Å²) >= 11 is 5.03. The first kappa shape index (κ1) is 6.50. The third kappa shape index (κ3) is 3.33. The third-order valence-electron chi connectivity index (χ3n) is 0.461. The number of hydrogen-bond donors (Lipinski definition) is 1. The Kier molecular flexibility index (Phi) is 3.42. The molecule has 0 spiro atoms. The highest BCUT2D eigenvalue weighted by molar-refractivity contribution is 6.26. The maximum absolute atomic E-state index is 10.1. The summed E-state index contributed by atoms with van der Waals surface area (Å²) < 4.78 is 0. The summed E-state index contributed by atoms with van der Waals surface area (Å²) in [6.45, 7) is 0. The van der Waals surface area contributed by atoms with Gasteiger partial charge in [-0.3, -0.25) is 4.79 Å². The van der Waals surface area contributed by atoms with Crippen molar-refractivity contribution in [3.63, 3.8) is 0 Å². The van der Waals surface area contributed by atoms with Crippen LogP contribution in [-0.4, -0.2) is 13.0 Å². The van der Waals surface area contributed by atoms with Gasteiger partial charge >= 0.3 is 0 Å². The van der Waals surface area contributed by atoms with Crippen molar-refractivity contribution in [1.29, 1.82) is 0 Å². The fourth-order valence-electron chi connectivity index (χ4n) is 0.141. The van der Waals surface area contributed by atoms with Crippen LogP contribution in [0.1, 0.15) is 0 Å². The molecular formula is C4H6ClNO. The van der Waals surface area contributed by atoms with E-state index in [0.29, 0.717) is 0 Å². The molecule has 7 heavy (non-hydrogen) atoms. The van der Waals surface area contributed by atoms with Gasteiger partial charge in [0.05, 0.1) is 0 Å². The highest BCUT2D eigenvalue weighted by atomic mass is 35.5. The standard InChI is InChI=1S/C4H6ClNO/c1-6-4(7)2-3-5/h2-3H,1H3,(H,6,7). The van der Waals surface area contributed by atoms with Crippen LogP contribution in [0.2, 0.25) is 0 Å². The molecule has 0 aromatic rings. The summed E-state index contributed by atoms with van der Waals surface area (Å²) in [5.74, 6) is -0.185. The van der Waals surface area contributed by atoms with Crippen LogP contribution >= 0.6 is 11.6 Å². The Hall–Kier alpha value is -0.500. The van der Waals surface area contributed by atoms with Crippen molar-refractivity contribution in [3.05, 3.63) is 11.6 Å². The fraction of sp³-hybridized carbons (Fsp3) is 0.250. The van der Waals surface area contributed by atoms with Gasteiger partial charge in [-0.2, -0.15) is 0 Å². The van der Waals surface area contributed by atoms with Crippen molar-refractivity contribution < 1.29 is 4.79 Å². The summed E-state index contributed by atoms with van der Waals surface area (Å²) in [5, 5.41) is 2.36. The minimum Gasteiger partial charge on any atom is -0.356 e. The van der Waals surface area contributed by atoms with Gasteiger partial charge in [0.2, 0.25) is 5.91 Å². The minimum absolute atomic E-state index is 0.185. The molecule has 2 nitrogen and oxygen atoms in total. The molecule has 0 saturated heterocycles. The van der Waals surface area contributed by atoms with E-state index in [-0.39, 0.29) is 5.91 Å². The molecule has 0 atom stereocenters. The molecule has 0 aliphatic heterocycles. The van der Waals surface area contributed by atoms with Crippen molar-refractivity contribution in [2.45, 2.75) is 0 Å². The summed E-state index contributed by atoms with van der Waals surface area (Å²) in [4.78, 5) is 10.1. The van der Waals surface area contributed by atoms with E-state index in [0.717, 1.165) is 0 Å². The minimum atomic E-state index is -0.185. The second-order valence-corrected chi connectivity index (χ2v) is 1.16. The largest absolute Gasteiger partial charge is 0.356 e. The van der Waals surface area contributed by atoms with E-state index in [2.05, 4.69) is 5.32 Å². The van der Waals surface area contributed by atoms with Gasteiger partial charge in [0.15, 0.2) is 0 Å². The quantitative estimate of drug-likeness (QED) is 0.500. The summed E-state index contributed by atoms with van der Waals surface area (Å²) in [6, 6.07) is 0. The maximum Gasteiger partial charge on any atom is 0.244 e. The van der Waals surface area contributed by atoms with Crippen LogP contribution in [0.25, 0.3) is 0 Å². The number of amides is 1. The van der Waals surface area contributed by atoms with E-state index in [4.69, 9.17) is 11.6 Å². The van der Waals surface area contributed by atoms with Crippen molar-refractivity contribution in [3.8, 4) is 0 Å². The number of nitrogens with one attached hydrogen (secondary N) is 1. The van der Waals surface area contributed by atoms with Crippen molar-refractivity contribution in [2.24, 2.45) is 0 Å². The fourth-order valence-corrected chi connectivity index (χ4v) is 0.255. The molecule has 0 unspecified atom stereocenters. The molecule has 0 rings (SSSR count). The SMILES string of the molecule is CNC(=O)C=CCl. The van der Waals surface area contributed by atoms with Gasteiger partial charge in [-0.25, -0.2) is 0 Å². The molecule has 0 fully saturated rings. The number of halogens is 1. The van der Waals surface area contributed by atoms with Crippen LogP contribution in [0.15, 0.2) is 11.6 Å². The molecule has 0 aliphatic carbocycles. The van der Waals surface area contributed by atoms with Crippen molar-refractivity contribution in [1.82, 2.24) is 5.32 Å². The molecule has 40 valence electrons. The van der Waals surface area contributed by atoms with E-state index in [1.165, 1.54) is 11.6 Å². The van der Waals surface area contributed by atoms with Crippen LogP contribution in [0.5, 0.6) is 0 Å². The van der Waals surface area contributed by atoms with Crippen LogP contribution < -0.4 is 5.32 Å². The number of likely N-dealkylation sites (N-methyl/N-ethyl adjacent to an activating group) is 1. The zero-order chi connectivity index (χ0) is 5.70. The monoisotopic (exact) mass is 119 g/mol. The van der Waals surface area contributed by atoms with Crippen molar-refractivity contribution >= 4 is 17.5 Å². The third-order valence-corrected chi connectivity index (χ3v) is 0.587. The van der Waals surface area contributed by atoms with E-state index < -0.39 is 0 Å². The van der Waals surface area contributed by atoms with Crippen LogP contribution in [0.4, 0.5) is 0 Å². The average molecular weight is 120 g/mol. The van der Waals surface area contributed by atoms with Gasteiger partial charge in [0, 0.05) is 18.7 Å². The molecule has 1 amide bonds. The Morgan fingerprint density at radius 3 is 2.57 bits per heavy atom. The molecule has 3 heteroatoms. The van der Waals surface area contributed by atoms with Crippen molar-refractivity contribution in [2.75, 3.05) is 7.05 Å². The van der Waals surface area contributed by atoms with Crippen LogP contribution in [0, 0.1) is 0 Å². The van der Waals surface area contributed by atoms with Crippen LogP contribution in [0.3, 0.4) is 0 Å². The van der Waals surface area contributed by atoms with E-state index in [1.807, 2.05) is 0 Å². The van der Waals surface area contributed by atoms with Gasteiger partial charge in [-0.15, -0.1) is 0 Å². The Balaban J connectivity index is 3.37. The lowest BCUT2D eigenvalue weighted by atomic mass is 10.6. The number of carbonyl (C=O) groups excluding carboxylic acids is 1. The first-order valence-electron chi connectivity index (χ1n) is 1.79. The number of hydrogen-bond acceptors (Lipinski definition) is 1. The van der Waals surface area contributed by atoms with Gasteiger partial charge in [0.25, 0.3) is 0 Å². The molecule has 0 heterocycles. The second-order valence-electron chi connectivity index (χ2n) is 0.907. The Morgan fingerprint density at radius 1 is 1.86 bits per heavy atom. The number of rotatable bonds is 1. The van der Waals surface area contributed by atoms with Gasteiger partial charge in [0.1, 0.15) is 0 Å². The molecule has 0 aromatic heterocycles. The van der Waals surface area contributed by atoms with E-state index >= 15 is 0 Å². The summed E-state index contributed by atoms with van der Waals surface area (Å²) in [7, 11) is 1.54. The van der Waals surface area contributed by atoms with Gasteiger partial charge in [-0.1, -0.05) is 11.6 Å². The lowest BCUT2D eigenvalue weighted by Crippen LogP contribution is -2.13. The van der Waals surface area contributed by atoms with Crippen LogP contribution in [-0.2, 0) is 4.79 Å². The predicted octanol–water partition coefficient (Wildman–Crippen LogP) is 0.485. The average Bonchev–Trinajstić information content (AvgIpc) is 1.68. The van der Waals surface area contributed by atoms with Gasteiger partial charge < -0.3 is 5.32 Å². The molecule has 0 radical (unpaired) electrons. The Labute approximate surface area is 47.2 Å². The topological polar surface area (TPSA) is 29.1 Å². The smallest absolute Gasteiger partial charge is 0.244 e. The van der Waals surface area contributed by atoms with E-state index in [9.17, 15) is 4.79 Å². The Morgan fingerprint density at radius 2 is 2.43 bits per heavy atom. The second kappa shape index (κ2) is 3.68. The van der Waals surface area contributed by atoms with Gasteiger partial charge in [-0.05, 0) is 0 Å². The first-order valence-corrected chi connectivity index (χ1v) is 2.23. The lowest BCUT2D eigenvalue weighted by molar-refractivity contribution is -0.116. The highest BCUT2D eigenvalue weighted by Crippen LogP contribution is 1.75. The molecule has 0 aromatic carbocycles. The number of carbonyl (C=O) groups is 1. The summed E-state index contributed by atoms with van der Waals surface area (Å²) in [5.41, 5.74) is 1.17.